The molecule has 3 amide bonds. The third kappa shape index (κ3) is 1.72. The molecule has 0 saturated carbocycles. The lowest BCUT2D eigenvalue weighted by molar-refractivity contribution is -0.123. The van der Waals surface area contributed by atoms with Gasteiger partial charge in [-0.1, -0.05) is 18.2 Å². The minimum Gasteiger partial charge on any atom is -0.494 e. The normalized spacial score (nSPS) is 22.6. The summed E-state index contributed by atoms with van der Waals surface area (Å²) < 4.78 is 1.57. The summed E-state index contributed by atoms with van der Waals surface area (Å²) in [4.78, 5) is 22.9. The first-order valence-electron chi connectivity index (χ1n) is 5.90. The van der Waals surface area contributed by atoms with Gasteiger partial charge in [0.2, 0.25) is 0 Å². The van der Waals surface area contributed by atoms with Crippen LogP contribution in [0, 0.1) is 0 Å². The van der Waals surface area contributed by atoms with Crippen molar-refractivity contribution in [2.45, 2.75) is 19.0 Å². The van der Waals surface area contributed by atoms with Crippen molar-refractivity contribution < 1.29 is 14.7 Å². The first kappa shape index (κ1) is 11.6. The molecule has 3 rings (SSSR count). The summed E-state index contributed by atoms with van der Waals surface area (Å²) in [7, 11) is 0. The Hall–Kier alpha value is -2.50. The number of carbonyl (C=O) groups is 2. The van der Waals surface area contributed by atoms with Crippen LogP contribution >= 0.6 is 0 Å². The van der Waals surface area contributed by atoms with Gasteiger partial charge in [-0.2, -0.15) is 0 Å². The zero-order chi connectivity index (χ0) is 13.6. The van der Waals surface area contributed by atoms with Gasteiger partial charge in [-0.25, -0.2) is 4.79 Å². The number of urea groups is 1. The number of nitrogens with zero attached hydrogens (tertiary/aromatic N) is 1. The summed E-state index contributed by atoms with van der Waals surface area (Å²) in [6.07, 6.45) is 1.76. The van der Waals surface area contributed by atoms with Crippen molar-refractivity contribution in [2.24, 2.45) is 0 Å². The maximum atomic E-state index is 11.7. The van der Waals surface area contributed by atoms with Gasteiger partial charge >= 0.3 is 6.03 Å². The molecule has 3 N–H and O–H groups in total. The largest absolute Gasteiger partial charge is 0.494 e. The number of hydrogen-bond acceptors (Lipinski definition) is 3. The molecule has 0 spiro atoms. The van der Waals surface area contributed by atoms with Crippen LogP contribution in [-0.4, -0.2) is 27.2 Å². The maximum Gasteiger partial charge on any atom is 0.322 e. The van der Waals surface area contributed by atoms with E-state index in [0.29, 0.717) is 0 Å². The Morgan fingerprint density at radius 1 is 1.32 bits per heavy atom. The van der Waals surface area contributed by atoms with Crippen LogP contribution in [0.15, 0.2) is 30.5 Å². The van der Waals surface area contributed by atoms with E-state index in [1.54, 1.807) is 23.8 Å². The van der Waals surface area contributed by atoms with Gasteiger partial charge in [0.15, 0.2) is 5.88 Å². The quantitative estimate of drug-likeness (QED) is 0.702. The Morgan fingerprint density at radius 3 is 2.68 bits per heavy atom. The summed E-state index contributed by atoms with van der Waals surface area (Å²) in [5.41, 5.74) is -1.05. The second-order valence-electron chi connectivity index (χ2n) is 4.91. The lowest BCUT2D eigenvalue weighted by Gasteiger charge is -2.21. The van der Waals surface area contributed by atoms with Crippen LogP contribution in [0.2, 0.25) is 0 Å². The van der Waals surface area contributed by atoms with Crippen LogP contribution in [0.1, 0.15) is 6.92 Å². The summed E-state index contributed by atoms with van der Waals surface area (Å²) >= 11 is 0. The minimum absolute atomic E-state index is 0.0887. The van der Waals surface area contributed by atoms with E-state index in [4.69, 9.17) is 0 Å². The minimum atomic E-state index is -1.05. The molecule has 1 unspecified atom stereocenters. The van der Waals surface area contributed by atoms with Crippen molar-refractivity contribution in [3.8, 4) is 5.88 Å². The van der Waals surface area contributed by atoms with Gasteiger partial charge in [-0.15, -0.1) is 0 Å². The standard InChI is InChI=1S/C13H13N3O3/c1-13(11(18)14-12(19)15-13)7-16-6-8-4-2-3-5-9(8)10(16)17/h2-6,17H,7H2,1H3,(H2,14,15,18,19). The second kappa shape index (κ2) is 3.74. The number of fused-ring (bicyclic) bond motifs is 1. The molecular weight excluding hydrogens is 246 g/mol. The Bertz CT molecular complexity index is 691. The van der Waals surface area contributed by atoms with Crippen molar-refractivity contribution in [3.63, 3.8) is 0 Å². The van der Waals surface area contributed by atoms with Crippen LogP contribution in [0.3, 0.4) is 0 Å². The van der Waals surface area contributed by atoms with E-state index in [1.807, 2.05) is 18.2 Å². The molecule has 0 aliphatic carbocycles. The van der Waals surface area contributed by atoms with Crippen molar-refractivity contribution in [1.82, 2.24) is 15.2 Å². The third-order valence-electron chi connectivity index (χ3n) is 3.37. The van der Waals surface area contributed by atoms with E-state index in [9.17, 15) is 14.7 Å². The van der Waals surface area contributed by atoms with Crippen LogP contribution in [-0.2, 0) is 11.3 Å². The summed E-state index contributed by atoms with van der Waals surface area (Å²) in [6.45, 7) is 1.79. The first-order valence-corrected chi connectivity index (χ1v) is 5.90. The zero-order valence-electron chi connectivity index (χ0n) is 10.3. The highest BCUT2D eigenvalue weighted by molar-refractivity contribution is 6.06. The van der Waals surface area contributed by atoms with Crippen molar-refractivity contribution in [3.05, 3.63) is 30.5 Å². The van der Waals surface area contributed by atoms with Gasteiger partial charge in [0, 0.05) is 17.0 Å². The highest BCUT2D eigenvalue weighted by Gasteiger charge is 2.42. The topological polar surface area (TPSA) is 83.4 Å². The van der Waals surface area contributed by atoms with Gasteiger partial charge in [0.25, 0.3) is 5.91 Å². The maximum absolute atomic E-state index is 11.7. The molecule has 1 aromatic heterocycles. The fourth-order valence-electron chi connectivity index (χ4n) is 2.35. The number of hydrogen-bond donors (Lipinski definition) is 3. The molecule has 1 aromatic carbocycles. The van der Waals surface area contributed by atoms with E-state index in [0.717, 1.165) is 10.8 Å². The summed E-state index contributed by atoms with van der Waals surface area (Å²) in [5.74, 6) is -0.305. The molecule has 1 atom stereocenters. The Labute approximate surface area is 109 Å². The second-order valence-corrected chi connectivity index (χ2v) is 4.91. The predicted octanol–water partition coefficient (Wildman–Crippen LogP) is 0.945. The number of aromatic hydroxyl groups is 1. The lowest BCUT2D eigenvalue weighted by Crippen LogP contribution is -2.47. The van der Waals surface area contributed by atoms with E-state index in [2.05, 4.69) is 10.6 Å². The lowest BCUT2D eigenvalue weighted by atomic mass is 10.0. The number of benzene rings is 1. The summed E-state index contributed by atoms with van der Waals surface area (Å²) in [6, 6.07) is 6.87. The molecule has 2 heterocycles. The van der Waals surface area contributed by atoms with Crippen molar-refractivity contribution in [1.29, 1.82) is 0 Å². The van der Waals surface area contributed by atoms with Crippen LogP contribution in [0.5, 0.6) is 5.88 Å². The Balaban J connectivity index is 2.00. The fourth-order valence-corrected chi connectivity index (χ4v) is 2.35. The van der Waals surface area contributed by atoms with E-state index >= 15 is 0 Å². The number of imide groups is 1. The number of rotatable bonds is 2. The van der Waals surface area contributed by atoms with Crippen LogP contribution in [0.25, 0.3) is 10.8 Å². The van der Waals surface area contributed by atoms with Gasteiger partial charge in [-0.3, -0.25) is 10.1 Å². The molecule has 1 aliphatic heterocycles. The smallest absolute Gasteiger partial charge is 0.322 e. The van der Waals surface area contributed by atoms with Gasteiger partial charge in [-0.05, 0) is 13.0 Å². The number of nitrogens with one attached hydrogen (secondary N) is 2. The molecule has 98 valence electrons. The molecule has 1 aliphatic rings. The van der Waals surface area contributed by atoms with Gasteiger partial charge in [0.1, 0.15) is 5.54 Å². The molecule has 1 fully saturated rings. The molecule has 0 bridgehead atoms. The Morgan fingerprint density at radius 2 is 2.05 bits per heavy atom. The number of amides is 3. The average Bonchev–Trinajstić information content (AvgIpc) is 2.79. The number of aromatic nitrogens is 1. The SMILES string of the molecule is CC1(Cn2cc3ccccc3c2O)NC(=O)NC1=O. The molecule has 19 heavy (non-hydrogen) atoms. The molecule has 1 saturated heterocycles. The van der Waals surface area contributed by atoms with Gasteiger partial charge in [0.05, 0.1) is 6.54 Å². The fraction of sp³-hybridized carbons (Fsp3) is 0.231. The van der Waals surface area contributed by atoms with Crippen molar-refractivity contribution in [2.75, 3.05) is 0 Å². The van der Waals surface area contributed by atoms with Crippen LogP contribution in [0.4, 0.5) is 4.79 Å². The van der Waals surface area contributed by atoms with Gasteiger partial charge < -0.3 is 15.0 Å². The van der Waals surface area contributed by atoms with E-state index in [1.165, 1.54) is 0 Å². The molecule has 6 nitrogen and oxygen atoms in total. The zero-order valence-corrected chi connectivity index (χ0v) is 10.3. The average molecular weight is 259 g/mol. The highest BCUT2D eigenvalue weighted by atomic mass is 16.3. The third-order valence-corrected chi connectivity index (χ3v) is 3.37. The Kier molecular flexibility index (Phi) is 2.28. The molecular formula is C13H13N3O3. The highest BCUT2D eigenvalue weighted by Crippen LogP contribution is 2.28. The van der Waals surface area contributed by atoms with E-state index in [-0.39, 0.29) is 12.4 Å². The molecule has 0 radical (unpaired) electrons. The predicted molar refractivity (Wildman–Crippen MR) is 68.7 cm³/mol. The first-order chi connectivity index (χ1) is 8.99. The summed E-state index contributed by atoms with van der Waals surface area (Å²) in [5, 5.41) is 16.5. The monoisotopic (exact) mass is 259 g/mol. The number of carbonyl (C=O) groups excluding carboxylic acids is 2. The molecule has 6 heteroatoms. The van der Waals surface area contributed by atoms with E-state index < -0.39 is 17.5 Å². The molecule has 2 aromatic rings. The van der Waals surface area contributed by atoms with Crippen LogP contribution < -0.4 is 10.6 Å². The van der Waals surface area contributed by atoms with Crippen molar-refractivity contribution >= 4 is 22.7 Å².